The first kappa shape index (κ1) is 15.6. The summed E-state index contributed by atoms with van der Waals surface area (Å²) in [5.74, 6) is -1.50. The van der Waals surface area contributed by atoms with E-state index in [-0.39, 0.29) is 25.1 Å². The summed E-state index contributed by atoms with van der Waals surface area (Å²) in [5.41, 5.74) is -1.12. The summed E-state index contributed by atoms with van der Waals surface area (Å²) in [5, 5.41) is 11.1. The number of carboxylic acids is 1. The smallest absolute Gasteiger partial charge is 0.325 e. The van der Waals surface area contributed by atoms with E-state index in [0.29, 0.717) is 0 Å². The van der Waals surface area contributed by atoms with E-state index < -0.39 is 29.2 Å². The molecule has 1 aromatic rings. The molecule has 0 aromatic carbocycles. The minimum Gasteiger partial charge on any atom is -0.481 e. The Morgan fingerprint density at radius 2 is 2.10 bits per heavy atom. The van der Waals surface area contributed by atoms with Gasteiger partial charge in [-0.3, -0.25) is 19.4 Å². The molecule has 9 nitrogen and oxygen atoms in total. The lowest BCUT2D eigenvalue weighted by Gasteiger charge is -2.13. The summed E-state index contributed by atoms with van der Waals surface area (Å²) in [6.45, 7) is 0.0229. The molecule has 4 N–H and O–H groups in total. The zero-order chi connectivity index (χ0) is 15.1. The molecule has 0 aliphatic carbocycles. The van der Waals surface area contributed by atoms with Crippen LogP contribution < -0.4 is 16.6 Å². The molecule has 9 heteroatoms. The van der Waals surface area contributed by atoms with Crippen molar-refractivity contribution in [1.82, 2.24) is 15.3 Å². The van der Waals surface area contributed by atoms with Crippen LogP contribution in [0.4, 0.5) is 0 Å². The SMILES string of the molecule is COC(CNC(=O)Cc1cc(=O)[nH]c(=O)[nH]1)CC(=O)O. The van der Waals surface area contributed by atoms with Gasteiger partial charge >= 0.3 is 11.7 Å². The molecular formula is C11H15N3O6. The third-order valence-corrected chi connectivity index (χ3v) is 2.43. The first-order valence-electron chi connectivity index (χ1n) is 5.74. The molecule has 0 aliphatic rings. The van der Waals surface area contributed by atoms with Gasteiger partial charge in [0, 0.05) is 25.4 Å². The van der Waals surface area contributed by atoms with Crippen molar-refractivity contribution in [3.05, 3.63) is 32.6 Å². The van der Waals surface area contributed by atoms with Crippen LogP contribution in [0.15, 0.2) is 15.7 Å². The highest BCUT2D eigenvalue weighted by Crippen LogP contribution is 1.96. The molecule has 0 spiro atoms. The van der Waals surface area contributed by atoms with Crippen LogP contribution in [0.5, 0.6) is 0 Å². The molecule has 1 unspecified atom stereocenters. The summed E-state index contributed by atoms with van der Waals surface area (Å²) >= 11 is 0. The van der Waals surface area contributed by atoms with Crippen LogP contribution in [0.2, 0.25) is 0 Å². The zero-order valence-electron chi connectivity index (χ0n) is 10.8. The van der Waals surface area contributed by atoms with Gasteiger partial charge in [-0.2, -0.15) is 0 Å². The van der Waals surface area contributed by atoms with Crippen molar-refractivity contribution >= 4 is 11.9 Å². The molecule has 1 aromatic heterocycles. The number of ether oxygens (including phenoxy) is 1. The normalized spacial score (nSPS) is 11.8. The summed E-state index contributed by atoms with van der Waals surface area (Å²) in [7, 11) is 1.34. The number of carbonyl (C=O) groups is 2. The van der Waals surface area contributed by atoms with Crippen molar-refractivity contribution in [3.8, 4) is 0 Å². The highest BCUT2D eigenvalue weighted by Gasteiger charge is 2.14. The topological polar surface area (TPSA) is 141 Å². The Hall–Kier alpha value is -2.42. The summed E-state index contributed by atoms with van der Waals surface area (Å²) in [4.78, 5) is 48.4. The minimum absolute atomic E-state index is 0.0229. The van der Waals surface area contributed by atoms with E-state index in [9.17, 15) is 19.2 Å². The van der Waals surface area contributed by atoms with E-state index in [1.807, 2.05) is 4.98 Å². The Bertz CT molecular complexity index is 562. The highest BCUT2D eigenvalue weighted by atomic mass is 16.5. The van der Waals surface area contributed by atoms with Crippen LogP contribution in [0.1, 0.15) is 12.1 Å². The Balaban J connectivity index is 2.53. The predicted molar refractivity (Wildman–Crippen MR) is 67.4 cm³/mol. The average molecular weight is 285 g/mol. The lowest BCUT2D eigenvalue weighted by Crippen LogP contribution is -2.36. The van der Waals surface area contributed by atoms with Crippen LogP contribution in [0.25, 0.3) is 0 Å². The maximum atomic E-state index is 11.6. The Kier molecular flexibility index (Phi) is 5.66. The Morgan fingerprint density at radius 3 is 2.65 bits per heavy atom. The molecular weight excluding hydrogens is 270 g/mol. The van der Waals surface area contributed by atoms with Crippen LogP contribution >= 0.6 is 0 Å². The maximum absolute atomic E-state index is 11.6. The number of carbonyl (C=O) groups excluding carboxylic acids is 1. The monoisotopic (exact) mass is 285 g/mol. The van der Waals surface area contributed by atoms with Crippen LogP contribution in [0, 0.1) is 0 Å². The molecule has 0 fully saturated rings. The molecule has 20 heavy (non-hydrogen) atoms. The number of aromatic nitrogens is 2. The molecule has 1 atom stereocenters. The Labute approximate surface area is 113 Å². The third kappa shape index (κ3) is 5.48. The molecule has 0 saturated heterocycles. The van der Waals surface area contributed by atoms with Gasteiger partial charge in [0.25, 0.3) is 5.56 Å². The molecule has 0 saturated carbocycles. The first-order valence-corrected chi connectivity index (χ1v) is 5.74. The number of hydrogen-bond acceptors (Lipinski definition) is 5. The van der Waals surface area contributed by atoms with Gasteiger partial charge in [0.2, 0.25) is 5.91 Å². The fraction of sp³-hybridized carbons (Fsp3) is 0.455. The average Bonchev–Trinajstić information content (AvgIpc) is 2.32. The summed E-state index contributed by atoms with van der Waals surface area (Å²) < 4.78 is 4.89. The largest absolute Gasteiger partial charge is 0.481 e. The second kappa shape index (κ2) is 7.24. The van der Waals surface area contributed by atoms with E-state index in [1.165, 1.54) is 7.11 Å². The standard InChI is InChI=1S/C11H15N3O6/c1-20-7(4-10(17)18)5-12-8(15)2-6-3-9(16)14-11(19)13-6/h3,7H,2,4-5H2,1H3,(H,12,15)(H,17,18)(H2,13,14,16,19). The molecule has 1 rings (SSSR count). The number of hydrogen-bond donors (Lipinski definition) is 4. The molecule has 110 valence electrons. The van der Waals surface area contributed by atoms with Crippen molar-refractivity contribution in [1.29, 1.82) is 0 Å². The maximum Gasteiger partial charge on any atom is 0.325 e. The second-order valence-electron chi connectivity index (χ2n) is 4.05. The molecule has 0 aliphatic heterocycles. The van der Waals surface area contributed by atoms with E-state index in [0.717, 1.165) is 6.07 Å². The molecule has 1 heterocycles. The first-order chi connectivity index (χ1) is 9.40. The number of nitrogens with one attached hydrogen (secondary N) is 3. The zero-order valence-corrected chi connectivity index (χ0v) is 10.8. The van der Waals surface area contributed by atoms with E-state index >= 15 is 0 Å². The lowest BCUT2D eigenvalue weighted by atomic mass is 10.2. The highest BCUT2D eigenvalue weighted by molar-refractivity contribution is 5.78. The van der Waals surface area contributed by atoms with Crippen molar-refractivity contribution in [2.24, 2.45) is 0 Å². The van der Waals surface area contributed by atoms with Crippen LogP contribution in [0.3, 0.4) is 0 Å². The van der Waals surface area contributed by atoms with Gasteiger partial charge in [0.1, 0.15) is 0 Å². The van der Waals surface area contributed by atoms with Crippen molar-refractivity contribution in [2.45, 2.75) is 18.9 Å². The van der Waals surface area contributed by atoms with Crippen molar-refractivity contribution in [3.63, 3.8) is 0 Å². The summed E-state index contributed by atoms with van der Waals surface area (Å²) in [6, 6.07) is 1.10. The van der Waals surface area contributed by atoms with Gasteiger partial charge in [0.05, 0.1) is 18.9 Å². The lowest BCUT2D eigenvalue weighted by molar-refractivity contribution is -0.140. The number of methoxy groups -OCH3 is 1. The number of H-pyrrole nitrogens is 2. The van der Waals surface area contributed by atoms with Gasteiger partial charge < -0.3 is 20.1 Å². The van der Waals surface area contributed by atoms with Gasteiger partial charge in [-0.15, -0.1) is 0 Å². The summed E-state index contributed by atoms with van der Waals surface area (Å²) in [6.07, 6.45) is -1.07. The Morgan fingerprint density at radius 1 is 1.40 bits per heavy atom. The quantitative estimate of drug-likeness (QED) is 0.466. The number of amides is 1. The van der Waals surface area contributed by atoms with E-state index in [2.05, 4.69) is 10.3 Å². The van der Waals surface area contributed by atoms with Crippen molar-refractivity contribution in [2.75, 3.05) is 13.7 Å². The van der Waals surface area contributed by atoms with Crippen molar-refractivity contribution < 1.29 is 19.4 Å². The molecule has 0 bridgehead atoms. The number of aromatic amines is 2. The number of rotatable bonds is 7. The number of carboxylic acid groups (broad SMARTS) is 1. The predicted octanol–water partition coefficient (Wildman–Crippen LogP) is -1.79. The van der Waals surface area contributed by atoms with E-state index in [1.54, 1.807) is 0 Å². The van der Waals surface area contributed by atoms with Gasteiger partial charge in [-0.25, -0.2) is 4.79 Å². The van der Waals surface area contributed by atoms with Gasteiger partial charge in [-0.1, -0.05) is 0 Å². The third-order valence-electron chi connectivity index (χ3n) is 2.43. The fourth-order valence-corrected chi connectivity index (χ4v) is 1.51. The second-order valence-corrected chi connectivity index (χ2v) is 4.05. The van der Waals surface area contributed by atoms with Gasteiger partial charge in [0.15, 0.2) is 0 Å². The van der Waals surface area contributed by atoms with Crippen LogP contribution in [-0.2, 0) is 20.7 Å². The molecule has 0 radical (unpaired) electrons. The van der Waals surface area contributed by atoms with Crippen LogP contribution in [-0.4, -0.2) is 46.7 Å². The number of aliphatic carboxylic acids is 1. The molecule has 1 amide bonds. The van der Waals surface area contributed by atoms with E-state index in [4.69, 9.17) is 9.84 Å². The fourth-order valence-electron chi connectivity index (χ4n) is 1.51. The minimum atomic E-state index is -1.04. The van der Waals surface area contributed by atoms with Gasteiger partial charge in [-0.05, 0) is 0 Å².